The van der Waals surface area contributed by atoms with Gasteiger partial charge in [-0.2, -0.15) is 10.4 Å². The normalized spacial score (nSPS) is 18.5. The molecule has 1 heterocycles. The molecule has 0 unspecified atom stereocenters. The summed E-state index contributed by atoms with van der Waals surface area (Å²) >= 11 is 0. The average Bonchev–Trinajstić information content (AvgIpc) is 2.91. The minimum absolute atomic E-state index is 0.441. The van der Waals surface area contributed by atoms with Crippen LogP contribution in [0.3, 0.4) is 0 Å². The molecule has 86 valence electrons. The van der Waals surface area contributed by atoms with Gasteiger partial charge in [-0.15, -0.1) is 0 Å². The van der Waals surface area contributed by atoms with Crippen LogP contribution in [-0.4, -0.2) is 9.78 Å². The molecule has 0 spiro atoms. The van der Waals surface area contributed by atoms with Crippen LogP contribution >= 0.6 is 0 Å². The number of nitrogens with zero attached hydrogens (tertiary/aromatic N) is 3. The van der Waals surface area contributed by atoms with Crippen molar-refractivity contribution in [1.82, 2.24) is 9.78 Å². The molecule has 3 heteroatoms. The lowest BCUT2D eigenvalue weighted by Crippen LogP contribution is -2.17. The highest BCUT2D eigenvalue weighted by atomic mass is 15.3. The summed E-state index contributed by atoms with van der Waals surface area (Å²) in [5.74, 6) is 0.729. The van der Waals surface area contributed by atoms with Crippen molar-refractivity contribution in [3.05, 3.63) is 18.0 Å². The molecule has 1 fully saturated rings. The zero-order chi connectivity index (χ0) is 11.4. The second kappa shape index (κ2) is 5.16. The molecule has 3 nitrogen and oxygen atoms in total. The van der Waals surface area contributed by atoms with Crippen LogP contribution in [0.5, 0.6) is 0 Å². The van der Waals surface area contributed by atoms with Gasteiger partial charge in [0.25, 0.3) is 0 Å². The highest BCUT2D eigenvalue weighted by Crippen LogP contribution is 2.36. The second-order valence-corrected chi connectivity index (χ2v) is 4.81. The van der Waals surface area contributed by atoms with Crippen molar-refractivity contribution in [3.8, 4) is 6.07 Å². The molecule has 1 saturated carbocycles. The molecule has 0 saturated heterocycles. The molecular formula is C13H19N3. The Bertz CT molecular complexity index is 369. The lowest BCUT2D eigenvalue weighted by atomic mass is 9.94. The Balaban J connectivity index is 2.10. The van der Waals surface area contributed by atoms with Crippen molar-refractivity contribution in [2.45, 2.75) is 51.5 Å². The van der Waals surface area contributed by atoms with E-state index in [1.807, 2.05) is 6.20 Å². The lowest BCUT2D eigenvalue weighted by molar-refractivity contribution is 0.295. The maximum atomic E-state index is 8.73. The molecule has 16 heavy (non-hydrogen) atoms. The van der Waals surface area contributed by atoms with Gasteiger partial charge in [0.05, 0.1) is 18.3 Å². The van der Waals surface area contributed by atoms with Crippen LogP contribution in [0.25, 0.3) is 0 Å². The summed E-state index contributed by atoms with van der Waals surface area (Å²) in [6, 6.07) is 2.70. The smallest absolute Gasteiger partial charge is 0.0622 e. The summed E-state index contributed by atoms with van der Waals surface area (Å²) < 4.78 is 2.09. The van der Waals surface area contributed by atoms with Gasteiger partial charge in [0.15, 0.2) is 0 Å². The monoisotopic (exact) mass is 217 g/mol. The number of aryl methyl sites for hydroxylation is 1. The van der Waals surface area contributed by atoms with Crippen molar-refractivity contribution >= 4 is 0 Å². The first-order valence-electron chi connectivity index (χ1n) is 6.19. The van der Waals surface area contributed by atoms with Gasteiger partial charge in [0.1, 0.15) is 0 Å². The van der Waals surface area contributed by atoms with Gasteiger partial charge in [0.2, 0.25) is 0 Å². The Morgan fingerprint density at radius 2 is 2.31 bits per heavy atom. The molecule has 0 bridgehead atoms. The standard InChI is InChI=1S/C13H19N3/c1-11-9-15-16(10-11)13(7-4-8-14)12-5-2-3-6-12/h9-10,12-13H,2-7H2,1H3/t13-/m1/s1. The Morgan fingerprint density at radius 3 is 2.88 bits per heavy atom. The summed E-state index contributed by atoms with van der Waals surface area (Å²) in [7, 11) is 0. The van der Waals surface area contributed by atoms with E-state index < -0.39 is 0 Å². The lowest BCUT2D eigenvalue weighted by Gasteiger charge is -2.23. The van der Waals surface area contributed by atoms with E-state index in [-0.39, 0.29) is 0 Å². The first-order valence-corrected chi connectivity index (χ1v) is 6.19. The summed E-state index contributed by atoms with van der Waals surface area (Å²) in [6.45, 7) is 2.07. The predicted molar refractivity (Wildman–Crippen MR) is 62.8 cm³/mol. The average molecular weight is 217 g/mol. The minimum atomic E-state index is 0.441. The van der Waals surface area contributed by atoms with Crippen LogP contribution in [0.15, 0.2) is 12.4 Å². The molecule has 1 atom stereocenters. The highest BCUT2D eigenvalue weighted by Gasteiger charge is 2.26. The topological polar surface area (TPSA) is 41.6 Å². The predicted octanol–water partition coefficient (Wildman–Crippen LogP) is 3.23. The molecule has 1 aromatic rings. The van der Waals surface area contributed by atoms with E-state index in [1.54, 1.807) is 0 Å². The van der Waals surface area contributed by atoms with E-state index in [2.05, 4.69) is 29.0 Å². The van der Waals surface area contributed by atoms with E-state index in [0.29, 0.717) is 12.5 Å². The minimum Gasteiger partial charge on any atom is -0.269 e. The molecule has 2 rings (SSSR count). The van der Waals surface area contributed by atoms with E-state index >= 15 is 0 Å². The Hall–Kier alpha value is -1.30. The molecule has 1 aliphatic rings. The van der Waals surface area contributed by atoms with Crippen LogP contribution in [0.1, 0.15) is 50.1 Å². The molecular weight excluding hydrogens is 198 g/mol. The van der Waals surface area contributed by atoms with E-state index in [4.69, 9.17) is 5.26 Å². The summed E-state index contributed by atoms with van der Waals surface area (Å²) in [5, 5.41) is 13.2. The summed E-state index contributed by atoms with van der Waals surface area (Å²) in [6.07, 6.45) is 10.9. The maximum Gasteiger partial charge on any atom is 0.0622 e. The van der Waals surface area contributed by atoms with Crippen LogP contribution < -0.4 is 0 Å². The molecule has 0 aliphatic heterocycles. The van der Waals surface area contributed by atoms with E-state index in [0.717, 1.165) is 12.3 Å². The number of hydrogen-bond donors (Lipinski definition) is 0. The SMILES string of the molecule is Cc1cnn([C@H](CCC#N)C2CCCC2)c1. The molecule has 0 N–H and O–H groups in total. The molecule has 0 radical (unpaired) electrons. The van der Waals surface area contributed by atoms with E-state index in [1.165, 1.54) is 31.2 Å². The first kappa shape index (κ1) is 11.2. The molecule has 1 aromatic heterocycles. The van der Waals surface area contributed by atoms with Crippen LogP contribution in [0.4, 0.5) is 0 Å². The van der Waals surface area contributed by atoms with Gasteiger partial charge >= 0.3 is 0 Å². The van der Waals surface area contributed by atoms with Gasteiger partial charge < -0.3 is 0 Å². The largest absolute Gasteiger partial charge is 0.269 e. The highest BCUT2D eigenvalue weighted by molar-refractivity contribution is 5.01. The van der Waals surface area contributed by atoms with Gasteiger partial charge in [-0.05, 0) is 37.7 Å². The fourth-order valence-electron chi connectivity index (χ4n) is 2.75. The zero-order valence-electron chi connectivity index (χ0n) is 9.89. The van der Waals surface area contributed by atoms with Crippen molar-refractivity contribution in [3.63, 3.8) is 0 Å². The number of hydrogen-bond acceptors (Lipinski definition) is 2. The number of rotatable bonds is 4. The van der Waals surface area contributed by atoms with Crippen molar-refractivity contribution in [2.75, 3.05) is 0 Å². The fourth-order valence-corrected chi connectivity index (χ4v) is 2.75. The van der Waals surface area contributed by atoms with Crippen LogP contribution in [0, 0.1) is 24.2 Å². The third-order valence-corrected chi connectivity index (χ3v) is 3.57. The van der Waals surface area contributed by atoms with Gasteiger partial charge in [0, 0.05) is 12.6 Å². The van der Waals surface area contributed by atoms with Crippen molar-refractivity contribution < 1.29 is 0 Å². The van der Waals surface area contributed by atoms with Crippen LogP contribution in [0.2, 0.25) is 0 Å². The van der Waals surface area contributed by atoms with Crippen LogP contribution in [-0.2, 0) is 0 Å². The number of nitriles is 1. The first-order chi connectivity index (χ1) is 7.81. The summed E-state index contributed by atoms with van der Waals surface area (Å²) in [4.78, 5) is 0. The van der Waals surface area contributed by atoms with Crippen molar-refractivity contribution in [2.24, 2.45) is 5.92 Å². The fraction of sp³-hybridized carbons (Fsp3) is 0.692. The maximum absolute atomic E-state index is 8.73. The third kappa shape index (κ3) is 2.44. The molecule has 0 amide bonds. The van der Waals surface area contributed by atoms with Gasteiger partial charge in [-0.1, -0.05) is 12.8 Å². The molecule has 0 aromatic carbocycles. The Kier molecular flexibility index (Phi) is 3.61. The Labute approximate surface area is 97.1 Å². The zero-order valence-corrected chi connectivity index (χ0v) is 9.89. The van der Waals surface area contributed by atoms with E-state index in [9.17, 15) is 0 Å². The Morgan fingerprint density at radius 1 is 1.56 bits per heavy atom. The second-order valence-electron chi connectivity index (χ2n) is 4.81. The van der Waals surface area contributed by atoms with Crippen molar-refractivity contribution in [1.29, 1.82) is 5.26 Å². The molecule has 1 aliphatic carbocycles. The van der Waals surface area contributed by atoms with Gasteiger partial charge in [-0.3, -0.25) is 4.68 Å². The third-order valence-electron chi connectivity index (χ3n) is 3.57. The summed E-state index contributed by atoms with van der Waals surface area (Å²) in [5.41, 5.74) is 1.21. The number of aromatic nitrogens is 2. The van der Waals surface area contributed by atoms with Gasteiger partial charge in [-0.25, -0.2) is 0 Å². The quantitative estimate of drug-likeness (QED) is 0.777.